The predicted octanol–water partition coefficient (Wildman–Crippen LogP) is 2.80. The van der Waals surface area contributed by atoms with Crippen molar-refractivity contribution in [3.63, 3.8) is 0 Å². The summed E-state index contributed by atoms with van der Waals surface area (Å²) in [5.41, 5.74) is -0.932. The Bertz CT molecular complexity index is 952. The summed E-state index contributed by atoms with van der Waals surface area (Å²) in [6.45, 7) is 3.70. The van der Waals surface area contributed by atoms with Crippen molar-refractivity contribution >= 4 is 23.7 Å². The highest BCUT2D eigenvalue weighted by Crippen LogP contribution is 2.30. The molecule has 2 aromatic rings. The van der Waals surface area contributed by atoms with Gasteiger partial charge in [0.15, 0.2) is 5.75 Å². The number of nitrogens with zero attached hydrogens (tertiary/aromatic N) is 5. The predicted molar refractivity (Wildman–Crippen MR) is 105 cm³/mol. The lowest BCUT2D eigenvalue weighted by atomic mass is 10.0. The van der Waals surface area contributed by atoms with E-state index in [0.717, 1.165) is 18.3 Å². The first-order valence-corrected chi connectivity index (χ1v) is 9.37. The summed E-state index contributed by atoms with van der Waals surface area (Å²) in [6, 6.07) is 0.747. The van der Waals surface area contributed by atoms with Gasteiger partial charge >= 0.3 is 12.2 Å². The molecule has 1 aliphatic heterocycles. The van der Waals surface area contributed by atoms with Crippen molar-refractivity contribution in [2.24, 2.45) is 5.92 Å². The SMILES string of the molecule is COc1cnc(N2C[C@H](C(C)C)N(CC(=O)Nc3cc(C(F)(F)F)ccn3)C2=O)nc1. The number of anilines is 2. The highest BCUT2D eigenvalue weighted by molar-refractivity contribution is 5.98. The molecule has 1 saturated heterocycles. The van der Waals surface area contributed by atoms with Gasteiger partial charge in [-0.3, -0.25) is 9.69 Å². The van der Waals surface area contributed by atoms with Crippen LogP contribution in [0.4, 0.5) is 29.7 Å². The summed E-state index contributed by atoms with van der Waals surface area (Å²) in [6.07, 6.45) is -0.753. The van der Waals surface area contributed by atoms with Crippen molar-refractivity contribution in [1.82, 2.24) is 19.9 Å². The van der Waals surface area contributed by atoms with Crippen LogP contribution in [0.3, 0.4) is 0 Å². The number of alkyl halides is 3. The van der Waals surface area contributed by atoms with Gasteiger partial charge in [-0.05, 0) is 18.1 Å². The van der Waals surface area contributed by atoms with Gasteiger partial charge in [0.1, 0.15) is 12.4 Å². The third-order valence-electron chi connectivity index (χ3n) is 4.78. The van der Waals surface area contributed by atoms with Crippen LogP contribution in [0.25, 0.3) is 0 Å². The maximum absolute atomic E-state index is 12.9. The number of carbonyl (C=O) groups excluding carboxylic acids is 2. The van der Waals surface area contributed by atoms with Gasteiger partial charge < -0.3 is 15.0 Å². The number of halogens is 3. The molecule has 3 heterocycles. The molecule has 0 aliphatic carbocycles. The van der Waals surface area contributed by atoms with Crippen LogP contribution in [0.5, 0.6) is 5.75 Å². The first kappa shape index (κ1) is 22.2. The second-order valence-electron chi connectivity index (χ2n) is 7.23. The second-order valence-corrected chi connectivity index (χ2v) is 7.23. The van der Waals surface area contributed by atoms with Crippen molar-refractivity contribution in [2.75, 3.05) is 30.4 Å². The van der Waals surface area contributed by atoms with Gasteiger partial charge in [0, 0.05) is 6.20 Å². The highest BCUT2D eigenvalue weighted by Gasteiger charge is 2.41. The smallest absolute Gasteiger partial charge is 0.416 e. The van der Waals surface area contributed by atoms with E-state index in [1.807, 2.05) is 13.8 Å². The lowest BCUT2D eigenvalue weighted by Crippen LogP contribution is -2.43. The fourth-order valence-electron chi connectivity index (χ4n) is 3.15. The zero-order valence-corrected chi connectivity index (χ0v) is 17.1. The average Bonchev–Trinajstić information content (AvgIpc) is 3.04. The van der Waals surface area contributed by atoms with Crippen LogP contribution in [-0.4, -0.2) is 58.0 Å². The van der Waals surface area contributed by atoms with Gasteiger partial charge in [-0.1, -0.05) is 13.8 Å². The minimum Gasteiger partial charge on any atom is -0.494 e. The van der Waals surface area contributed by atoms with E-state index in [9.17, 15) is 22.8 Å². The molecule has 1 N–H and O–H groups in total. The van der Waals surface area contributed by atoms with Gasteiger partial charge in [0.2, 0.25) is 11.9 Å². The Kier molecular flexibility index (Phi) is 6.27. The summed E-state index contributed by atoms with van der Waals surface area (Å²) < 4.78 is 43.6. The van der Waals surface area contributed by atoms with Crippen LogP contribution in [0, 0.1) is 5.92 Å². The molecule has 12 heteroatoms. The van der Waals surface area contributed by atoms with Crippen molar-refractivity contribution in [1.29, 1.82) is 0 Å². The first-order chi connectivity index (χ1) is 14.6. The molecule has 31 heavy (non-hydrogen) atoms. The third-order valence-corrected chi connectivity index (χ3v) is 4.78. The number of ether oxygens (including phenoxy) is 1. The van der Waals surface area contributed by atoms with E-state index in [-0.39, 0.29) is 36.8 Å². The molecule has 0 aromatic carbocycles. The topological polar surface area (TPSA) is 101 Å². The van der Waals surface area contributed by atoms with E-state index in [1.165, 1.54) is 29.3 Å². The van der Waals surface area contributed by atoms with E-state index < -0.39 is 23.7 Å². The number of nitrogens with one attached hydrogen (secondary N) is 1. The minimum absolute atomic E-state index is 0.00619. The zero-order chi connectivity index (χ0) is 22.8. The molecule has 1 atom stereocenters. The number of amides is 3. The van der Waals surface area contributed by atoms with Gasteiger partial charge in [-0.15, -0.1) is 0 Å². The maximum atomic E-state index is 12.9. The standard InChI is InChI=1S/C19H21F3N6O3/c1-11(2)14-9-28(17-24-7-13(31-3)8-25-17)18(30)27(14)10-16(29)26-15-6-12(4-5-23-15)19(20,21)22/h4-8,11,14H,9-10H2,1-3H3,(H,23,26,29)/t14-/m1/s1. The van der Waals surface area contributed by atoms with E-state index >= 15 is 0 Å². The van der Waals surface area contributed by atoms with E-state index in [4.69, 9.17) is 4.74 Å². The molecular weight excluding hydrogens is 417 g/mol. The summed E-state index contributed by atoms with van der Waals surface area (Å²) in [4.78, 5) is 40.1. The number of carbonyl (C=O) groups is 2. The largest absolute Gasteiger partial charge is 0.494 e. The first-order valence-electron chi connectivity index (χ1n) is 9.37. The van der Waals surface area contributed by atoms with Crippen LogP contribution >= 0.6 is 0 Å². The van der Waals surface area contributed by atoms with Crippen LogP contribution in [0.15, 0.2) is 30.7 Å². The number of hydrogen-bond acceptors (Lipinski definition) is 6. The maximum Gasteiger partial charge on any atom is 0.416 e. The number of urea groups is 1. The van der Waals surface area contributed by atoms with Crippen LogP contribution in [0.2, 0.25) is 0 Å². The highest BCUT2D eigenvalue weighted by atomic mass is 19.4. The van der Waals surface area contributed by atoms with Crippen molar-refractivity contribution < 1.29 is 27.5 Å². The van der Waals surface area contributed by atoms with Crippen molar-refractivity contribution in [2.45, 2.75) is 26.1 Å². The Morgan fingerprint density at radius 2 is 1.97 bits per heavy atom. The van der Waals surface area contributed by atoms with Gasteiger partial charge in [-0.25, -0.2) is 19.7 Å². The fourth-order valence-corrected chi connectivity index (χ4v) is 3.15. The minimum atomic E-state index is -4.56. The summed E-state index contributed by atoms with van der Waals surface area (Å²) in [5.74, 6) is -0.308. The van der Waals surface area contributed by atoms with E-state index in [1.54, 1.807) is 0 Å². The Labute approximate surface area is 176 Å². The fraction of sp³-hybridized carbons (Fsp3) is 0.421. The normalized spacial score (nSPS) is 16.7. The molecule has 2 aromatic heterocycles. The molecule has 0 unspecified atom stereocenters. The van der Waals surface area contributed by atoms with Gasteiger partial charge in [0.05, 0.1) is 37.7 Å². The van der Waals surface area contributed by atoms with Crippen molar-refractivity contribution in [3.05, 3.63) is 36.3 Å². The summed E-state index contributed by atoms with van der Waals surface area (Å²) >= 11 is 0. The number of pyridine rings is 1. The Morgan fingerprint density at radius 3 is 2.55 bits per heavy atom. The second kappa shape index (κ2) is 8.74. The van der Waals surface area contributed by atoms with Crippen molar-refractivity contribution in [3.8, 4) is 5.75 Å². The van der Waals surface area contributed by atoms with E-state index in [2.05, 4.69) is 20.3 Å². The lowest BCUT2D eigenvalue weighted by Gasteiger charge is -2.25. The Hall–Kier alpha value is -3.44. The number of hydrogen-bond donors (Lipinski definition) is 1. The average molecular weight is 438 g/mol. The number of rotatable bonds is 6. The van der Waals surface area contributed by atoms with E-state index in [0.29, 0.717) is 5.75 Å². The third kappa shape index (κ3) is 5.01. The van der Waals surface area contributed by atoms with Crippen LogP contribution < -0.4 is 15.0 Å². The quantitative estimate of drug-likeness (QED) is 0.745. The molecule has 3 rings (SSSR count). The molecule has 1 aliphatic rings. The molecule has 0 bridgehead atoms. The number of methoxy groups -OCH3 is 1. The molecule has 166 valence electrons. The lowest BCUT2D eigenvalue weighted by molar-refractivity contribution is -0.137. The molecule has 1 fully saturated rings. The Morgan fingerprint density at radius 1 is 1.29 bits per heavy atom. The molecule has 3 amide bonds. The molecule has 9 nitrogen and oxygen atoms in total. The van der Waals surface area contributed by atoms with Crippen LogP contribution in [0.1, 0.15) is 19.4 Å². The van der Waals surface area contributed by atoms with Crippen LogP contribution in [-0.2, 0) is 11.0 Å². The van der Waals surface area contributed by atoms with Gasteiger partial charge in [0.25, 0.3) is 0 Å². The zero-order valence-electron chi connectivity index (χ0n) is 17.1. The molecule has 0 radical (unpaired) electrons. The van der Waals surface area contributed by atoms with Gasteiger partial charge in [-0.2, -0.15) is 13.2 Å². The molecule has 0 spiro atoms. The molecular formula is C19H21F3N6O3. The monoisotopic (exact) mass is 438 g/mol. The molecule has 0 saturated carbocycles. The number of aromatic nitrogens is 3. The summed E-state index contributed by atoms with van der Waals surface area (Å²) in [7, 11) is 1.47. The summed E-state index contributed by atoms with van der Waals surface area (Å²) in [5, 5.41) is 2.32. The Balaban J connectivity index is 1.74.